The van der Waals surface area contributed by atoms with Crippen molar-refractivity contribution in [3.8, 4) is 0 Å². The number of sulfonamides is 1. The first-order valence-corrected chi connectivity index (χ1v) is 8.33. The summed E-state index contributed by atoms with van der Waals surface area (Å²) in [5.74, 6) is 0.0537. The molecule has 1 amide bonds. The molecule has 0 aromatic carbocycles. The zero-order chi connectivity index (χ0) is 15.6. The zero-order valence-corrected chi connectivity index (χ0v) is 13.4. The molecule has 0 unspecified atom stereocenters. The summed E-state index contributed by atoms with van der Waals surface area (Å²) < 4.78 is 30.0. The fourth-order valence-electron chi connectivity index (χ4n) is 2.10. The van der Waals surface area contributed by atoms with Crippen LogP contribution in [0, 0.1) is 0 Å². The number of amides is 1. The number of carbonyl (C=O) groups is 1. The Morgan fingerprint density at radius 3 is 2.35 bits per heavy atom. The van der Waals surface area contributed by atoms with Gasteiger partial charge in [0.1, 0.15) is 5.60 Å². The predicted molar refractivity (Wildman–Crippen MR) is 76.8 cm³/mol. The third kappa shape index (κ3) is 4.32. The summed E-state index contributed by atoms with van der Waals surface area (Å²) in [5, 5.41) is 2.77. The molecule has 1 aliphatic rings. The molecule has 1 aliphatic heterocycles. The van der Waals surface area contributed by atoms with E-state index in [4.69, 9.17) is 10.5 Å². The second-order valence-corrected chi connectivity index (χ2v) is 8.37. The molecule has 1 heterocycles. The van der Waals surface area contributed by atoms with Gasteiger partial charge in [0.05, 0.1) is 11.3 Å². The fraction of sp³-hybridized carbons (Fsp3) is 0.917. The third-order valence-electron chi connectivity index (χ3n) is 3.11. The largest absolute Gasteiger partial charge is 0.444 e. The molecule has 0 saturated carbocycles. The fourth-order valence-corrected chi connectivity index (χ4v) is 3.36. The van der Waals surface area contributed by atoms with Gasteiger partial charge in [0.15, 0.2) is 0 Å². The van der Waals surface area contributed by atoms with Crippen LogP contribution in [0.1, 0.15) is 34.1 Å². The van der Waals surface area contributed by atoms with E-state index >= 15 is 0 Å². The van der Waals surface area contributed by atoms with Gasteiger partial charge in [-0.2, -0.15) is 4.31 Å². The van der Waals surface area contributed by atoms with Crippen LogP contribution in [-0.4, -0.2) is 55.3 Å². The lowest BCUT2D eigenvalue weighted by atomic mass is 9.88. The smallest absolute Gasteiger partial charge is 0.408 e. The first-order chi connectivity index (χ1) is 9.03. The number of rotatable bonds is 5. The number of ether oxygens (including phenoxy) is 1. The topological polar surface area (TPSA) is 102 Å². The lowest BCUT2D eigenvalue weighted by Gasteiger charge is -2.49. The minimum absolute atomic E-state index is 0.0537. The average molecular weight is 307 g/mol. The number of alkyl carbamates (subject to hydrolysis) is 1. The Kier molecular flexibility index (Phi) is 5.04. The first-order valence-electron chi connectivity index (χ1n) is 6.73. The second kappa shape index (κ2) is 5.87. The molecular weight excluding hydrogens is 282 g/mol. The van der Waals surface area contributed by atoms with Crippen molar-refractivity contribution in [2.24, 2.45) is 5.73 Å². The Hall–Kier alpha value is -0.860. The van der Waals surface area contributed by atoms with Crippen LogP contribution in [0.15, 0.2) is 0 Å². The van der Waals surface area contributed by atoms with Crippen LogP contribution in [-0.2, 0) is 14.8 Å². The summed E-state index contributed by atoms with van der Waals surface area (Å²) in [6, 6.07) is 0. The highest BCUT2D eigenvalue weighted by Crippen LogP contribution is 2.27. The van der Waals surface area contributed by atoms with E-state index in [-0.39, 0.29) is 18.8 Å². The average Bonchev–Trinajstić information content (AvgIpc) is 2.22. The van der Waals surface area contributed by atoms with Gasteiger partial charge in [-0.25, -0.2) is 13.2 Å². The SMILES string of the molecule is CCS(=O)(=O)N1CC(CCN)(NC(=O)OC(C)(C)C)C1. The lowest BCUT2D eigenvalue weighted by molar-refractivity contribution is 0.0303. The molecule has 0 aromatic rings. The van der Waals surface area contributed by atoms with Gasteiger partial charge in [-0.3, -0.25) is 0 Å². The predicted octanol–water partition coefficient (Wildman–Crippen LogP) is 0.264. The molecule has 0 aromatic heterocycles. The summed E-state index contributed by atoms with van der Waals surface area (Å²) >= 11 is 0. The summed E-state index contributed by atoms with van der Waals surface area (Å²) in [5.41, 5.74) is 4.35. The van der Waals surface area contributed by atoms with Crippen molar-refractivity contribution in [3.63, 3.8) is 0 Å². The Morgan fingerprint density at radius 2 is 1.95 bits per heavy atom. The number of nitrogens with one attached hydrogen (secondary N) is 1. The highest BCUT2D eigenvalue weighted by atomic mass is 32.2. The van der Waals surface area contributed by atoms with Crippen LogP contribution >= 0.6 is 0 Å². The van der Waals surface area contributed by atoms with E-state index in [1.165, 1.54) is 4.31 Å². The molecule has 1 fully saturated rings. The molecule has 3 N–H and O–H groups in total. The monoisotopic (exact) mass is 307 g/mol. The van der Waals surface area contributed by atoms with Crippen LogP contribution in [0.2, 0.25) is 0 Å². The highest BCUT2D eigenvalue weighted by Gasteiger charge is 2.48. The maximum atomic E-state index is 11.8. The number of nitrogens with two attached hydrogens (primary N) is 1. The van der Waals surface area contributed by atoms with Crippen molar-refractivity contribution in [2.75, 3.05) is 25.4 Å². The van der Waals surface area contributed by atoms with E-state index in [9.17, 15) is 13.2 Å². The second-order valence-electron chi connectivity index (χ2n) is 6.11. The third-order valence-corrected chi connectivity index (χ3v) is 4.88. The maximum Gasteiger partial charge on any atom is 0.408 e. The highest BCUT2D eigenvalue weighted by molar-refractivity contribution is 7.89. The van der Waals surface area contributed by atoms with Gasteiger partial charge >= 0.3 is 6.09 Å². The van der Waals surface area contributed by atoms with Crippen molar-refractivity contribution in [1.82, 2.24) is 9.62 Å². The molecule has 0 aliphatic carbocycles. The van der Waals surface area contributed by atoms with Gasteiger partial charge in [-0.1, -0.05) is 0 Å². The molecule has 118 valence electrons. The summed E-state index contributed by atoms with van der Waals surface area (Å²) in [6.45, 7) is 7.79. The van der Waals surface area contributed by atoms with Crippen molar-refractivity contribution in [2.45, 2.75) is 45.3 Å². The molecule has 0 spiro atoms. The number of hydrogen-bond acceptors (Lipinski definition) is 5. The Morgan fingerprint density at radius 1 is 1.40 bits per heavy atom. The molecule has 0 atom stereocenters. The quantitative estimate of drug-likeness (QED) is 0.759. The lowest BCUT2D eigenvalue weighted by Crippen LogP contribution is -2.72. The van der Waals surface area contributed by atoms with Gasteiger partial charge in [0.25, 0.3) is 0 Å². The van der Waals surface area contributed by atoms with Crippen LogP contribution in [0.3, 0.4) is 0 Å². The van der Waals surface area contributed by atoms with Crippen LogP contribution in [0.5, 0.6) is 0 Å². The van der Waals surface area contributed by atoms with E-state index in [0.29, 0.717) is 13.0 Å². The molecule has 7 nitrogen and oxygen atoms in total. The van der Waals surface area contributed by atoms with E-state index in [2.05, 4.69) is 5.32 Å². The van der Waals surface area contributed by atoms with Crippen LogP contribution in [0.25, 0.3) is 0 Å². The van der Waals surface area contributed by atoms with Crippen LogP contribution in [0.4, 0.5) is 4.79 Å². The maximum absolute atomic E-state index is 11.8. The van der Waals surface area contributed by atoms with E-state index < -0.39 is 27.3 Å². The van der Waals surface area contributed by atoms with Gasteiger partial charge in [-0.15, -0.1) is 0 Å². The van der Waals surface area contributed by atoms with Gasteiger partial charge < -0.3 is 15.8 Å². The molecule has 20 heavy (non-hydrogen) atoms. The Labute approximate surface area is 120 Å². The standard InChI is InChI=1S/C12H25N3O4S/c1-5-20(17,18)15-8-12(9-15,6-7-13)14-10(16)19-11(2,3)4/h5-9,13H2,1-4H3,(H,14,16). The van der Waals surface area contributed by atoms with Gasteiger partial charge in [0.2, 0.25) is 10.0 Å². The summed E-state index contributed by atoms with van der Waals surface area (Å²) in [7, 11) is -3.22. The molecule has 0 bridgehead atoms. The van der Waals surface area contributed by atoms with Crippen molar-refractivity contribution in [3.05, 3.63) is 0 Å². The van der Waals surface area contributed by atoms with Crippen molar-refractivity contribution < 1.29 is 17.9 Å². The molecule has 0 radical (unpaired) electrons. The number of carbonyl (C=O) groups excluding carboxylic acids is 1. The van der Waals surface area contributed by atoms with Gasteiger partial charge in [-0.05, 0) is 40.7 Å². The van der Waals surface area contributed by atoms with Gasteiger partial charge in [0, 0.05) is 13.1 Å². The number of hydrogen-bond donors (Lipinski definition) is 2. The minimum Gasteiger partial charge on any atom is -0.444 e. The zero-order valence-electron chi connectivity index (χ0n) is 12.6. The number of nitrogens with zero attached hydrogens (tertiary/aromatic N) is 1. The molecular formula is C12H25N3O4S. The molecule has 1 rings (SSSR count). The van der Waals surface area contributed by atoms with E-state index in [0.717, 1.165) is 0 Å². The van der Waals surface area contributed by atoms with Crippen LogP contribution < -0.4 is 11.1 Å². The minimum atomic E-state index is -3.22. The Balaban J connectivity index is 2.67. The summed E-state index contributed by atoms with van der Waals surface area (Å²) in [4.78, 5) is 11.8. The Bertz CT molecular complexity index is 450. The van der Waals surface area contributed by atoms with Crippen molar-refractivity contribution in [1.29, 1.82) is 0 Å². The normalized spacial score (nSPS) is 19.2. The van der Waals surface area contributed by atoms with E-state index in [1.54, 1.807) is 27.7 Å². The van der Waals surface area contributed by atoms with Crippen molar-refractivity contribution >= 4 is 16.1 Å². The molecule has 8 heteroatoms. The first kappa shape index (κ1) is 17.2. The molecule has 1 saturated heterocycles. The summed E-state index contributed by atoms with van der Waals surface area (Å²) in [6.07, 6.45) is -0.0263. The van der Waals surface area contributed by atoms with E-state index in [1.807, 2.05) is 0 Å².